The number of hydrogen-bond acceptors (Lipinski definition) is 2. The third-order valence-corrected chi connectivity index (χ3v) is 1.34. The number of hydrogen-bond donors (Lipinski definition) is 2. The maximum atomic E-state index is 11.0. The van der Waals surface area contributed by atoms with Crippen molar-refractivity contribution < 1.29 is 14.7 Å². The summed E-state index contributed by atoms with van der Waals surface area (Å²) in [6.45, 7) is 5.26. The molecule has 0 fully saturated rings. The van der Waals surface area contributed by atoms with Gasteiger partial charge in [-0.15, -0.1) is 0 Å². The predicted molar refractivity (Wildman–Crippen MR) is 44.7 cm³/mol. The molecule has 1 atom stereocenters. The topological polar surface area (TPSA) is 66.4 Å². The van der Waals surface area contributed by atoms with Gasteiger partial charge in [-0.05, 0) is 12.8 Å². The van der Waals surface area contributed by atoms with Crippen LogP contribution in [0.2, 0.25) is 0 Å². The maximum Gasteiger partial charge on any atom is 0.325 e. The molecule has 0 aliphatic heterocycles. The SMILES string of the molecule is CC(C)CC(=O)N[C@H](C)C(=O)O. The van der Waals surface area contributed by atoms with Gasteiger partial charge in [-0.1, -0.05) is 13.8 Å². The van der Waals surface area contributed by atoms with Crippen LogP contribution in [0.4, 0.5) is 0 Å². The Hall–Kier alpha value is -1.06. The smallest absolute Gasteiger partial charge is 0.325 e. The molecule has 0 aromatic rings. The maximum absolute atomic E-state index is 11.0. The molecule has 0 spiro atoms. The average molecular weight is 173 g/mol. The van der Waals surface area contributed by atoms with Crippen molar-refractivity contribution in [1.82, 2.24) is 5.32 Å². The predicted octanol–water partition coefficient (Wildman–Crippen LogP) is 0.622. The van der Waals surface area contributed by atoms with Crippen molar-refractivity contribution in [2.24, 2.45) is 5.92 Å². The second-order valence-corrected chi connectivity index (χ2v) is 3.23. The Labute approximate surface area is 72.0 Å². The summed E-state index contributed by atoms with van der Waals surface area (Å²) in [5.41, 5.74) is 0. The molecule has 4 heteroatoms. The lowest BCUT2D eigenvalue weighted by atomic mass is 10.1. The van der Waals surface area contributed by atoms with E-state index in [4.69, 9.17) is 5.11 Å². The third kappa shape index (κ3) is 4.71. The molecule has 0 aliphatic carbocycles. The van der Waals surface area contributed by atoms with Gasteiger partial charge in [0.05, 0.1) is 0 Å². The van der Waals surface area contributed by atoms with E-state index in [-0.39, 0.29) is 11.8 Å². The first-order chi connectivity index (χ1) is 5.43. The number of carboxylic acid groups (broad SMARTS) is 1. The molecule has 0 saturated heterocycles. The summed E-state index contributed by atoms with van der Waals surface area (Å²) in [5.74, 6) is -0.960. The van der Waals surface area contributed by atoms with Gasteiger partial charge in [-0.3, -0.25) is 9.59 Å². The van der Waals surface area contributed by atoms with Crippen molar-refractivity contribution in [1.29, 1.82) is 0 Å². The van der Waals surface area contributed by atoms with E-state index in [9.17, 15) is 9.59 Å². The van der Waals surface area contributed by atoms with Gasteiger partial charge in [0.1, 0.15) is 6.04 Å². The molecular weight excluding hydrogens is 158 g/mol. The van der Waals surface area contributed by atoms with E-state index in [1.165, 1.54) is 6.92 Å². The monoisotopic (exact) mass is 173 g/mol. The quantitative estimate of drug-likeness (QED) is 0.655. The lowest BCUT2D eigenvalue weighted by Crippen LogP contribution is -2.38. The van der Waals surface area contributed by atoms with E-state index in [2.05, 4.69) is 5.32 Å². The fourth-order valence-electron chi connectivity index (χ4n) is 0.733. The highest BCUT2D eigenvalue weighted by Crippen LogP contribution is 1.98. The second-order valence-electron chi connectivity index (χ2n) is 3.23. The molecule has 12 heavy (non-hydrogen) atoms. The number of rotatable bonds is 4. The molecule has 1 amide bonds. The molecule has 0 aromatic carbocycles. The Morgan fingerprint density at radius 1 is 1.33 bits per heavy atom. The Kier molecular flexibility index (Phi) is 4.33. The molecule has 0 heterocycles. The normalized spacial score (nSPS) is 12.7. The van der Waals surface area contributed by atoms with Crippen LogP contribution in [0.5, 0.6) is 0 Å². The number of carbonyl (C=O) groups excluding carboxylic acids is 1. The second kappa shape index (κ2) is 4.74. The van der Waals surface area contributed by atoms with Gasteiger partial charge in [0, 0.05) is 6.42 Å². The summed E-state index contributed by atoms with van der Waals surface area (Å²) in [4.78, 5) is 21.3. The average Bonchev–Trinajstić information content (AvgIpc) is 1.84. The van der Waals surface area contributed by atoms with Crippen LogP contribution in [0.1, 0.15) is 27.2 Å². The van der Waals surface area contributed by atoms with Crippen molar-refractivity contribution in [3.63, 3.8) is 0 Å². The molecule has 0 aromatic heterocycles. The van der Waals surface area contributed by atoms with Crippen molar-refractivity contribution in [3.05, 3.63) is 0 Å². The summed E-state index contributed by atoms with van der Waals surface area (Å²) < 4.78 is 0. The van der Waals surface area contributed by atoms with E-state index < -0.39 is 12.0 Å². The highest BCUT2D eigenvalue weighted by molar-refractivity contribution is 5.83. The fraction of sp³-hybridized carbons (Fsp3) is 0.750. The zero-order chi connectivity index (χ0) is 9.72. The molecular formula is C8H15NO3. The van der Waals surface area contributed by atoms with E-state index in [0.717, 1.165) is 0 Å². The minimum Gasteiger partial charge on any atom is -0.480 e. The van der Waals surface area contributed by atoms with E-state index >= 15 is 0 Å². The lowest BCUT2D eigenvalue weighted by molar-refractivity contribution is -0.141. The number of nitrogens with one attached hydrogen (secondary N) is 1. The largest absolute Gasteiger partial charge is 0.480 e. The van der Waals surface area contributed by atoms with Gasteiger partial charge in [-0.25, -0.2) is 0 Å². The standard InChI is InChI=1S/C8H15NO3/c1-5(2)4-7(10)9-6(3)8(11)12/h5-6H,4H2,1-3H3,(H,9,10)(H,11,12)/t6-/m1/s1. The summed E-state index contributed by atoms with van der Waals surface area (Å²) in [6, 6.07) is -0.795. The van der Waals surface area contributed by atoms with Crippen LogP contribution < -0.4 is 5.32 Å². The number of amides is 1. The van der Waals surface area contributed by atoms with Gasteiger partial charge < -0.3 is 10.4 Å². The van der Waals surface area contributed by atoms with Crippen molar-refractivity contribution >= 4 is 11.9 Å². The number of carboxylic acids is 1. The molecule has 0 bridgehead atoms. The molecule has 0 radical (unpaired) electrons. The minimum atomic E-state index is -1.01. The molecule has 0 saturated carbocycles. The summed E-state index contributed by atoms with van der Waals surface area (Å²) in [6.07, 6.45) is 0.373. The molecule has 2 N–H and O–H groups in total. The zero-order valence-corrected chi connectivity index (χ0v) is 7.63. The van der Waals surface area contributed by atoms with Gasteiger partial charge in [0.15, 0.2) is 0 Å². The van der Waals surface area contributed by atoms with Crippen LogP contribution in [0.25, 0.3) is 0 Å². The van der Waals surface area contributed by atoms with Crippen molar-refractivity contribution in [2.45, 2.75) is 33.2 Å². The van der Waals surface area contributed by atoms with E-state index in [1.807, 2.05) is 13.8 Å². The summed E-state index contributed by atoms with van der Waals surface area (Å²) in [5, 5.41) is 10.8. The molecule has 0 rings (SSSR count). The Morgan fingerprint density at radius 3 is 2.17 bits per heavy atom. The van der Waals surface area contributed by atoms with Crippen LogP contribution in [-0.4, -0.2) is 23.0 Å². The third-order valence-electron chi connectivity index (χ3n) is 1.34. The first kappa shape index (κ1) is 10.9. The summed E-state index contributed by atoms with van der Waals surface area (Å²) >= 11 is 0. The number of carbonyl (C=O) groups is 2. The van der Waals surface area contributed by atoms with Crippen molar-refractivity contribution in [2.75, 3.05) is 0 Å². The van der Waals surface area contributed by atoms with Gasteiger partial charge in [0.2, 0.25) is 5.91 Å². The highest BCUT2D eigenvalue weighted by Gasteiger charge is 2.13. The van der Waals surface area contributed by atoms with Gasteiger partial charge in [0.25, 0.3) is 0 Å². The molecule has 0 unspecified atom stereocenters. The Bertz CT molecular complexity index is 177. The van der Waals surface area contributed by atoms with Crippen LogP contribution in [0.15, 0.2) is 0 Å². The van der Waals surface area contributed by atoms with Crippen LogP contribution in [0.3, 0.4) is 0 Å². The van der Waals surface area contributed by atoms with Gasteiger partial charge >= 0.3 is 5.97 Å². The fourth-order valence-corrected chi connectivity index (χ4v) is 0.733. The van der Waals surface area contributed by atoms with E-state index in [0.29, 0.717) is 6.42 Å². The summed E-state index contributed by atoms with van der Waals surface area (Å²) in [7, 11) is 0. The number of aliphatic carboxylic acids is 1. The molecule has 4 nitrogen and oxygen atoms in total. The van der Waals surface area contributed by atoms with Crippen LogP contribution in [0, 0.1) is 5.92 Å². The lowest BCUT2D eigenvalue weighted by Gasteiger charge is -2.10. The first-order valence-corrected chi connectivity index (χ1v) is 3.95. The molecule has 70 valence electrons. The minimum absolute atomic E-state index is 0.208. The first-order valence-electron chi connectivity index (χ1n) is 3.95. The Balaban J connectivity index is 3.77. The van der Waals surface area contributed by atoms with Crippen molar-refractivity contribution in [3.8, 4) is 0 Å². The Morgan fingerprint density at radius 2 is 1.83 bits per heavy atom. The van der Waals surface area contributed by atoms with Crippen LogP contribution >= 0.6 is 0 Å². The molecule has 0 aliphatic rings. The zero-order valence-electron chi connectivity index (χ0n) is 7.63. The van der Waals surface area contributed by atoms with Crippen LogP contribution in [-0.2, 0) is 9.59 Å². The van der Waals surface area contributed by atoms with Gasteiger partial charge in [-0.2, -0.15) is 0 Å². The van der Waals surface area contributed by atoms with E-state index in [1.54, 1.807) is 0 Å². The highest BCUT2D eigenvalue weighted by atomic mass is 16.4.